The second-order valence-electron chi connectivity index (χ2n) is 9.31. The zero-order chi connectivity index (χ0) is 23.0. The highest BCUT2D eigenvalue weighted by Gasteiger charge is 2.49. The van der Waals surface area contributed by atoms with Crippen LogP contribution in [0.2, 0.25) is 0 Å². The maximum atomic E-state index is 13.1. The topological polar surface area (TPSA) is 85.1 Å². The molecule has 9 nitrogen and oxygen atoms in total. The summed E-state index contributed by atoms with van der Waals surface area (Å²) in [5.41, 5.74) is 0.810. The van der Waals surface area contributed by atoms with Crippen molar-refractivity contribution in [3.05, 3.63) is 29.5 Å². The molecule has 3 aromatic heterocycles. The lowest BCUT2D eigenvalue weighted by atomic mass is 9.79. The van der Waals surface area contributed by atoms with Crippen LogP contribution in [0.15, 0.2) is 12.3 Å². The second kappa shape index (κ2) is 6.99. The van der Waals surface area contributed by atoms with E-state index in [0.29, 0.717) is 38.1 Å². The minimum absolute atomic E-state index is 0.00641. The smallest absolute Gasteiger partial charge is 0.377 e. The average molecular weight is 460 g/mol. The number of nitrogens with zero attached hydrogens (tertiary/aromatic N) is 8. The van der Waals surface area contributed by atoms with Crippen LogP contribution in [-0.2, 0) is 10.9 Å². The Morgan fingerprint density at radius 1 is 1.06 bits per heavy atom. The van der Waals surface area contributed by atoms with Crippen molar-refractivity contribution in [3.63, 3.8) is 0 Å². The predicted molar refractivity (Wildman–Crippen MR) is 113 cm³/mol. The Morgan fingerprint density at radius 2 is 1.82 bits per heavy atom. The van der Waals surface area contributed by atoms with Crippen LogP contribution in [0.25, 0.3) is 11.0 Å². The molecule has 6 heterocycles. The molecule has 0 bridgehead atoms. The van der Waals surface area contributed by atoms with Crippen molar-refractivity contribution in [3.8, 4) is 0 Å². The van der Waals surface area contributed by atoms with Crippen molar-refractivity contribution in [1.29, 1.82) is 0 Å². The first-order chi connectivity index (χ1) is 15.7. The van der Waals surface area contributed by atoms with Crippen LogP contribution in [0.1, 0.15) is 29.7 Å². The monoisotopic (exact) mass is 460 g/mol. The lowest BCUT2D eigenvalue weighted by Crippen LogP contribution is -2.58. The summed E-state index contributed by atoms with van der Waals surface area (Å²) in [5.74, 6) is 1.12. The van der Waals surface area contributed by atoms with E-state index in [-0.39, 0.29) is 17.3 Å². The van der Waals surface area contributed by atoms with E-state index < -0.39 is 11.9 Å². The molecule has 0 saturated carbocycles. The van der Waals surface area contributed by atoms with E-state index in [1.165, 1.54) is 6.92 Å². The van der Waals surface area contributed by atoms with Crippen molar-refractivity contribution >= 4 is 22.8 Å². The van der Waals surface area contributed by atoms with Crippen molar-refractivity contribution < 1.29 is 17.9 Å². The van der Waals surface area contributed by atoms with E-state index in [2.05, 4.69) is 25.0 Å². The number of anilines is 2. The fourth-order valence-corrected chi connectivity index (χ4v) is 4.98. The highest BCUT2D eigenvalue weighted by Crippen LogP contribution is 2.43. The third-order valence-electron chi connectivity index (χ3n) is 6.80. The molecular weight excluding hydrogens is 437 g/mol. The van der Waals surface area contributed by atoms with Gasteiger partial charge in [-0.15, -0.1) is 0 Å². The van der Waals surface area contributed by atoms with Crippen LogP contribution in [-0.4, -0.2) is 69.1 Å². The van der Waals surface area contributed by atoms with Crippen molar-refractivity contribution in [2.24, 2.45) is 5.41 Å². The van der Waals surface area contributed by atoms with Crippen molar-refractivity contribution in [2.75, 3.05) is 49.2 Å². The maximum absolute atomic E-state index is 13.1. The molecule has 174 valence electrons. The Balaban J connectivity index is 1.20. The van der Waals surface area contributed by atoms with Gasteiger partial charge in [-0.2, -0.15) is 23.3 Å². The van der Waals surface area contributed by atoms with Gasteiger partial charge in [-0.05, 0) is 20.3 Å². The molecule has 3 aliphatic heterocycles. The Labute approximate surface area is 187 Å². The van der Waals surface area contributed by atoms with Crippen molar-refractivity contribution in [1.82, 2.24) is 29.7 Å². The standard InChI is InChI=1S/C21H23F3N8O/c1-12-15-6-25-19(28-18(15)32(29-12)14-7-33-8-14)30-4-3-20(9-30)10-31(11-20)17-5-16(21(22,23)24)26-13(2)27-17/h5-6,14H,3-4,7-11H2,1-2H3. The summed E-state index contributed by atoms with van der Waals surface area (Å²) in [7, 11) is 0. The van der Waals surface area contributed by atoms with Gasteiger partial charge < -0.3 is 14.5 Å². The van der Waals surface area contributed by atoms with Crippen LogP contribution in [0, 0.1) is 19.3 Å². The quantitative estimate of drug-likeness (QED) is 0.590. The fourth-order valence-electron chi connectivity index (χ4n) is 4.98. The van der Waals surface area contributed by atoms with Gasteiger partial charge in [0.15, 0.2) is 5.65 Å². The van der Waals surface area contributed by atoms with E-state index in [1.54, 1.807) is 0 Å². The third kappa shape index (κ3) is 3.38. The van der Waals surface area contributed by atoms with Crippen molar-refractivity contribution in [2.45, 2.75) is 32.5 Å². The summed E-state index contributed by atoms with van der Waals surface area (Å²) in [6.45, 7) is 7.56. The van der Waals surface area contributed by atoms with E-state index >= 15 is 0 Å². The van der Waals surface area contributed by atoms with Gasteiger partial charge in [-0.1, -0.05) is 0 Å². The molecular formula is C21H23F3N8O. The molecule has 0 N–H and O–H groups in total. The lowest BCUT2D eigenvalue weighted by Gasteiger charge is -2.48. The SMILES string of the molecule is Cc1nc(N2CC3(CCN(c4ncc5c(C)nn(C6COC6)c5n4)C3)C2)cc(C(F)(F)F)n1. The molecule has 33 heavy (non-hydrogen) atoms. The number of aryl methyl sites for hydroxylation is 2. The normalized spacial score (nSPS) is 20.5. The van der Waals surface area contributed by atoms with Gasteiger partial charge in [-0.25, -0.2) is 19.6 Å². The molecule has 6 rings (SSSR count). The molecule has 0 amide bonds. The minimum atomic E-state index is -4.48. The first-order valence-corrected chi connectivity index (χ1v) is 10.9. The number of halogens is 3. The van der Waals surface area contributed by atoms with E-state index in [0.717, 1.165) is 42.3 Å². The van der Waals surface area contributed by atoms with Crippen LogP contribution in [0.4, 0.5) is 24.9 Å². The molecule has 1 spiro atoms. The summed E-state index contributed by atoms with van der Waals surface area (Å²) < 4.78 is 46.7. The first kappa shape index (κ1) is 20.6. The number of alkyl halides is 3. The first-order valence-electron chi connectivity index (χ1n) is 10.9. The van der Waals surface area contributed by atoms with Crippen LogP contribution in [0.5, 0.6) is 0 Å². The summed E-state index contributed by atoms with van der Waals surface area (Å²) >= 11 is 0. The van der Waals surface area contributed by atoms with Gasteiger partial charge in [0.1, 0.15) is 23.4 Å². The molecule has 3 fully saturated rings. The lowest BCUT2D eigenvalue weighted by molar-refractivity contribution is -0.141. The number of ether oxygens (including phenoxy) is 1. The number of hydrogen-bond donors (Lipinski definition) is 0. The highest BCUT2D eigenvalue weighted by molar-refractivity contribution is 5.78. The number of aromatic nitrogens is 6. The molecule has 12 heteroatoms. The average Bonchev–Trinajstić information content (AvgIpc) is 3.27. The maximum Gasteiger partial charge on any atom is 0.433 e. The molecule has 0 aliphatic carbocycles. The number of hydrogen-bond acceptors (Lipinski definition) is 8. The van der Waals surface area contributed by atoms with Crippen LogP contribution >= 0.6 is 0 Å². The summed E-state index contributed by atoms with van der Waals surface area (Å²) in [5, 5.41) is 5.57. The van der Waals surface area contributed by atoms with E-state index in [4.69, 9.17) is 9.72 Å². The second-order valence-corrected chi connectivity index (χ2v) is 9.31. The summed E-state index contributed by atoms with van der Waals surface area (Å²) in [4.78, 5) is 21.3. The molecule has 0 radical (unpaired) electrons. The molecule has 3 saturated heterocycles. The fraction of sp³-hybridized carbons (Fsp3) is 0.571. The van der Waals surface area contributed by atoms with Crippen LogP contribution < -0.4 is 9.80 Å². The number of fused-ring (bicyclic) bond motifs is 1. The summed E-state index contributed by atoms with van der Waals surface area (Å²) in [6.07, 6.45) is -1.73. The van der Waals surface area contributed by atoms with Gasteiger partial charge in [0, 0.05) is 43.9 Å². The van der Waals surface area contributed by atoms with Gasteiger partial charge in [0.2, 0.25) is 5.95 Å². The van der Waals surface area contributed by atoms with E-state index in [1.807, 2.05) is 22.7 Å². The number of rotatable bonds is 3. The third-order valence-corrected chi connectivity index (χ3v) is 6.80. The largest absolute Gasteiger partial charge is 0.433 e. The van der Waals surface area contributed by atoms with Gasteiger partial charge >= 0.3 is 6.18 Å². The van der Waals surface area contributed by atoms with Gasteiger partial charge in [-0.3, -0.25) is 0 Å². The minimum Gasteiger partial charge on any atom is -0.377 e. The Kier molecular flexibility index (Phi) is 4.36. The molecule has 0 aromatic carbocycles. The highest BCUT2D eigenvalue weighted by atomic mass is 19.4. The van der Waals surface area contributed by atoms with Crippen LogP contribution in [0.3, 0.4) is 0 Å². The van der Waals surface area contributed by atoms with E-state index in [9.17, 15) is 13.2 Å². The van der Waals surface area contributed by atoms with Gasteiger partial charge in [0.05, 0.1) is 24.3 Å². The molecule has 3 aliphatic rings. The Morgan fingerprint density at radius 3 is 2.52 bits per heavy atom. The summed E-state index contributed by atoms with van der Waals surface area (Å²) in [6, 6.07) is 1.24. The Bertz CT molecular complexity index is 1230. The van der Waals surface area contributed by atoms with Gasteiger partial charge in [0.25, 0.3) is 0 Å². The molecule has 3 aromatic rings. The zero-order valence-corrected chi connectivity index (χ0v) is 18.3. The zero-order valence-electron chi connectivity index (χ0n) is 18.3. The molecule has 0 atom stereocenters. The predicted octanol–water partition coefficient (Wildman–Crippen LogP) is 2.54. The Hall–Kier alpha value is -3.02. The molecule has 0 unspecified atom stereocenters.